The Balaban J connectivity index is 0.00000280. The minimum Gasteiger partial charge on any atom is -0.393 e. The zero-order chi connectivity index (χ0) is 25.1. The summed E-state index contributed by atoms with van der Waals surface area (Å²) in [5.74, 6) is 5.11. The summed E-state index contributed by atoms with van der Waals surface area (Å²) in [6.45, 7) is 8.59. The monoisotopic (exact) mass is 507 g/mol. The smallest absolute Gasteiger partial charge is 0.226 e. The van der Waals surface area contributed by atoms with Crippen LogP contribution in [0.3, 0.4) is 0 Å². The highest BCUT2D eigenvalue weighted by molar-refractivity contribution is 5.94. The third-order valence-corrected chi connectivity index (χ3v) is 12.6. The van der Waals surface area contributed by atoms with Crippen molar-refractivity contribution < 1.29 is 9.90 Å². The van der Waals surface area contributed by atoms with Crippen molar-refractivity contribution in [3.63, 3.8) is 0 Å². The van der Waals surface area contributed by atoms with Crippen LogP contribution in [0.25, 0.3) is 0 Å². The number of benzene rings is 1. The third kappa shape index (κ3) is 4.50. The number of fused-ring (bicyclic) bond motifs is 6. The number of carbonyl (C=O) groups excluding carboxylic acids is 1. The van der Waals surface area contributed by atoms with E-state index in [1.165, 1.54) is 50.5 Å². The van der Waals surface area contributed by atoms with Gasteiger partial charge in [-0.2, -0.15) is 0 Å². The molecule has 0 bridgehead atoms. The lowest BCUT2D eigenvalue weighted by Gasteiger charge is -2.61. The summed E-state index contributed by atoms with van der Waals surface area (Å²) >= 11 is 0. The molecule has 206 valence electrons. The standard InChI is InChI=1S/C33H49NO2.CH4/c1-22(10-15-31(36)34-20-6-8-23-7-4-5-9-30(23)34)27-13-14-28-26-12-11-24-21-25(35)16-18-32(24,2)29(26)17-19-33(27,28)3;/h4-5,7,9,22,24-29,35H,6,8,10-21H2,1-3H3;1H4/t22-,24?,25-,26?,27-,28?,29?,32?,33?;/m1./s1. The Morgan fingerprint density at radius 1 is 1.03 bits per heavy atom. The molecular weight excluding hydrogens is 454 g/mol. The van der Waals surface area contributed by atoms with E-state index in [4.69, 9.17) is 0 Å². The minimum atomic E-state index is -0.0497. The summed E-state index contributed by atoms with van der Waals surface area (Å²) in [5, 5.41) is 10.3. The Kier molecular flexibility index (Phi) is 7.60. The molecular formula is C34H53NO2. The molecule has 1 amide bonds. The fourth-order valence-corrected chi connectivity index (χ4v) is 10.7. The maximum absolute atomic E-state index is 13.3. The number of aliphatic hydroxyl groups excluding tert-OH is 1. The molecule has 5 aliphatic rings. The molecule has 0 spiro atoms. The quantitative estimate of drug-likeness (QED) is 0.448. The highest BCUT2D eigenvalue weighted by Gasteiger charge is 2.60. The van der Waals surface area contributed by atoms with Crippen LogP contribution < -0.4 is 4.90 Å². The van der Waals surface area contributed by atoms with Crippen molar-refractivity contribution >= 4 is 11.6 Å². The Morgan fingerprint density at radius 2 is 1.78 bits per heavy atom. The van der Waals surface area contributed by atoms with E-state index in [0.29, 0.717) is 29.1 Å². The molecule has 1 aromatic carbocycles. The number of hydrogen-bond acceptors (Lipinski definition) is 2. The van der Waals surface area contributed by atoms with Crippen molar-refractivity contribution in [1.82, 2.24) is 0 Å². The van der Waals surface area contributed by atoms with Crippen LogP contribution in [0.5, 0.6) is 0 Å². The van der Waals surface area contributed by atoms with Crippen molar-refractivity contribution in [3.05, 3.63) is 29.8 Å². The summed E-state index contributed by atoms with van der Waals surface area (Å²) in [7, 11) is 0. The van der Waals surface area contributed by atoms with Gasteiger partial charge < -0.3 is 10.0 Å². The minimum absolute atomic E-state index is 0. The Bertz CT molecular complexity index is 974. The van der Waals surface area contributed by atoms with Gasteiger partial charge in [-0.25, -0.2) is 0 Å². The first-order valence-corrected chi connectivity index (χ1v) is 15.4. The fraction of sp³-hybridized carbons (Fsp3) is 0.794. The van der Waals surface area contributed by atoms with Crippen molar-refractivity contribution in [2.24, 2.45) is 46.3 Å². The summed E-state index contributed by atoms with van der Waals surface area (Å²) < 4.78 is 0. The SMILES string of the molecule is C.C[C@H](CCC(=O)N1CCCc2ccccc21)[C@H]1CCC2C3CCC4C[C@H](O)CCC4(C)C3CCC21C. The fourth-order valence-electron chi connectivity index (χ4n) is 10.7. The van der Waals surface area contributed by atoms with Gasteiger partial charge in [0, 0.05) is 18.7 Å². The molecule has 3 nitrogen and oxygen atoms in total. The molecule has 4 aliphatic carbocycles. The molecule has 1 heterocycles. The van der Waals surface area contributed by atoms with E-state index >= 15 is 0 Å². The molecule has 1 N–H and O–H groups in total. The summed E-state index contributed by atoms with van der Waals surface area (Å²) in [5.41, 5.74) is 3.42. The van der Waals surface area contributed by atoms with Gasteiger partial charge in [0.15, 0.2) is 0 Å². The molecule has 6 rings (SSSR count). The van der Waals surface area contributed by atoms with Gasteiger partial charge in [0.25, 0.3) is 0 Å². The van der Waals surface area contributed by atoms with Crippen molar-refractivity contribution in [3.8, 4) is 0 Å². The molecule has 0 aromatic heterocycles. The van der Waals surface area contributed by atoms with Crippen molar-refractivity contribution in [2.75, 3.05) is 11.4 Å². The molecule has 0 saturated heterocycles. The Labute approximate surface area is 226 Å². The Hall–Kier alpha value is -1.35. The highest BCUT2D eigenvalue weighted by atomic mass is 16.3. The zero-order valence-corrected chi connectivity index (χ0v) is 23.1. The van der Waals surface area contributed by atoms with E-state index < -0.39 is 0 Å². The predicted molar refractivity (Wildman–Crippen MR) is 153 cm³/mol. The maximum Gasteiger partial charge on any atom is 0.226 e. The van der Waals surface area contributed by atoms with E-state index in [1.54, 1.807) is 0 Å². The van der Waals surface area contributed by atoms with Crippen molar-refractivity contribution in [1.29, 1.82) is 0 Å². The van der Waals surface area contributed by atoms with Gasteiger partial charge in [0.1, 0.15) is 0 Å². The lowest BCUT2D eigenvalue weighted by molar-refractivity contribution is -0.129. The van der Waals surface area contributed by atoms with Gasteiger partial charge in [0.05, 0.1) is 6.10 Å². The number of aryl methyl sites for hydroxylation is 1. The lowest BCUT2D eigenvalue weighted by atomic mass is 9.44. The van der Waals surface area contributed by atoms with Crippen LogP contribution in [-0.2, 0) is 11.2 Å². The maximum atomic E-state index is 13.3. The first-order valence-electron chi connectivity index (χ1n) is 15.4. The van der Waals surface area contributed by atoms with E-state index in [2.05, 4.69) is 49.9 Å². The van der Waals surface area contributed by atoms with Crippen LogP contribution in [0.15, 0.2) is 24.3 Å². The number of anilines is 1. The van der Waals surface area contributed by atoms with Gasteiger partial charge in [-0.05, 0) is 135 Å². The average molecular weight is 508 g/mol. The second kappa shape index (κ2) is 10.3. The van der Waals surface area contributed by atoms with Gasteiger partial charge in [0.2, 0.25) is 5.91 Å². The van der Waals surface area contributed by atoms with E-state index in [9.17, 15) is 9.90 Å². The highest BCUT2D eigenvalue weighted by Crippen LogP contribution is 2.68. The molecule has 1 aliphatic heterocycles. The first-order chi connectivity index (χ1) is 17.3. The normalized spacial score (nSPS) is 41.5. The molecule has 9 atom stereocenters. The van der Waals surface area contributed by atoms with Crippen LogP contribution in [0.2, 0.25) is 0 Å². The third-order valence-electron chi connectivity index (χ3n) is 12.6. The molecule has 4 fully saturated rings. The van der Waals surface area contributed by atoms with Crippen LogP contribution >= 0.6 is 0 Å². The van der Waals surface area contributed by atoms with E-state index in [-0.39, 0.29) is 13.5 Å². The summed E-state index contributed by atoms with van der Waals surface area (Å²) in [6, 6.07) is 8.51. The molecule has 4 saturated carbocycles. The second-order valence-electron chi connectivity index (χ2n) is 14.1. The largest absolute Gasteiger partial charge is 0.393 e. The summed E-state index contributed by atoms with van der Waals surface area (Å²) in [6.07, 6.45) is 15.5. The predicted octanol–water partition coefficient (Wildman–Crippen LogP) is 8.04. The van der Waals surface area contributed by atoms with Gasteiger partial charge in [-0.1, -0.05) is 46.4 Å². The van der Waals surface area contributed by atoms with Crippen molar-refractivity contribution in [2.45, 2.75) is 118 Å². The number of aliphatic hydroxyl groups is 1. The molecule has 37 heavy (non-hydrogen) atoms. The summed E-state index contributed by atoms with van der Waals surface area (Å²) in [4.78, 5) is 15.4. The molecule has 3 heteroatoms. The van der Waals surface area contributed by atoms with Crippen LogP contribution in [0.4, 0.5) is 5.69 Å². The van der Waals surface area contributed by atoms with E-state index in [1.807, 2.05) is 0 Å². The molecule has 6 unspecified atom stereocenters. The number of hydrogen-bond donors (Lipinski definition) is 1. The zero-order valence-electron chi connectivity index (χ0n) is 23.1. The number of amides is 1. The first kappa shape index (κ1) is 27.2. The Morgan fingerprint density at radius 3 is 2.62 bits per heavy atom. The van der Waals surface area contributed by atoms with Crippen LogP contribution in [-0.4, -0.2) is 23.7 Å². The topological polar surface area (TPSA) is 40.5 Å². The number of carbonyl (C=O) groups is 1. The van der Waals surface area contributed by atoms with Gasteiger partial charge in [-0.15, -0.1) is 0 Å². The van der Waals surface area contributed by atoms with Crippen LogP contribution in [0, 0.1) is 46.3 Å². The molecule has 1 aromatic rings. The number of rotatable bonds is 4. The van der Waals surface area contributed by atoms with E-state index in [0.717, 1.165) is 73.9 Å². The van der Waals surface area contributed by atoms with Gasteiger partial charge in [-0.3, -0.25) is 4.79 Å². The number of para-hydroxylation sites is 1. The molecule has 0 radical (unpaired) electrons. The second-order valence-corrected chi connectivity index (χ2v) is 14.1. The van der Waals surface area contributed by atoms with Crippen LogP contribution in [0.1, 0.15) is 111 Å². The lowest BCUT2D eigenvalue weighted by Crippen LogP contribution is -2.54. The average Bonchev–Trinajstić information content (AvgIpc) is 3.24. The van der Waals surface area contributed by atoms with Gasteiger partial charge >= 0.3 is 0 Å². The number of nitrogens with zero attached hydrogens (tertiary/aromatic N) is 1.